The number of rotatable bonds is 5. The van der Waals surface area contributed by atoms with Crippen LogP contribution in [0.4, 0.5) is 0 Å². The average molecular weight is 230 g/mol. The second kappa shape index (κ2) is 5.59. The minimum Gasteiger partial charge on any atom is -0.312 e. The molecule has 2 rings (SSSR count). The third-order valence-electron chi connectivity index (χ3n) is 3.00. The quantitative estimate of drug-likeness (QED) is 0.850. The van der Waals surface area contributed by atoms with Gasteiger partial charge in [-0.05, 0) is 38.1 Å². The van der Waals surface area contributed by atoms with E-state index in [0.29, 0.717) is 6.04 Å². The van der Waals surface area contributed by atoms with Crippen molar-refractivity contribution < 1.29 is 0 Å². The lowest BCUT2D eigenvalue weighted by molar-refractivity contribution is 0.524. The highest BCUT2D eigenvalue weighted by atomic mass is 15.2. The molecule has 0 aliphatic heterocycles. The van der Waals surface area contributed by atoms with Crippen LogP contribution in [0.5, 0.6) is 0 Å². The molecule has 17 heavy (non-hydrogen) atoms. The maximum Gasteiger partial charge on any atom is 0.0573 e. The zero-order valence-corrected chi connectivity index (χ0v) is 10.3. The van der Waals surface area contributed by atoms with Crippen molar-refractivity contribution in [3.05, 3.63) is 48.0 Å². The molecular weight excluding hydrogens is 212 g/mol. The number of nitrogens with zero attached hydrogens (tertiary/aromatic N) is 3. The number of aromatic nitrogens is 3. The molecule has 0 saturated carbocycles. The highest BCUT2D eigenvalue weighted by Gasteiger charge is 2.10. The summed E-state index contributed by atoms with van der Waals surface area (Å²) in [4.78, 5) is 4.39. The standard InChI is InChI=1S/C13H18N4/c1-14-12(13-5-3-4-9-15-13)7-6-11-8-10-16-17(11)2/h3-5,8-10,12,14H,6-7H2,1-2H3. The first kappa shape index (κ1) is 11.8. The highest BCUT2D eigenvalue weighted by molar-refractivity contribution is 5.09. The van der Waals surface area contributed by atoms with E-state index in [1.807, 2.05) is 43.3 Å². The SMILES string of the molecule is CNC(CCc1ccnn1C)c1ccccn1. The molecule has 2 aromatic heterocycles. The zero-order chi connectivity index (χ0) is 12.1. The molecule has 0 aliphatic carbocycles. The Morgan fingerprint density at radius 2 is 2.18 bits per heavy atom. The Morgan fingerprint density at radius 1 is 1.29 bits per heavy atom. The molecular formula is C13H18N4. The van der Waals surface area contributed by atoms with Gasteiger partial charge in [0.25, 0.3) is 0 Å². The van der Waals surface area contributed by atoms with Crippen molar-refractivity contribution in [3.8, 4) is 0 Å². The minimum absolute atomic E-state index is 0.297. The van der Waals surface area contributed by atoms with Gasteiger partial charge in [0.1, 0.15) is 0 Å². The van der Waals surface area contributed by atoms with Crippen LogP contribution in [0.15, 0.2) is 36.7 Å². The van der Waals surface area contributed by atoms with Crippen molar-refractivity contribution in [2.45, 2.75) is 18.9 Å². The van der Waals surface area contributed by atoms with Crippen LogP contribution in [0.3, 0.4) is 0 Å². The number of aryl methyl sites for hydroxylation is 2. The van der Waals surface area contributed by atoms with Crippen LogP contribution < -0.4 is 5.32 Å². The fraction of sp³-hybridized carbons (Fsp3) is 0.385. The Balaban J connectivity index is 1.99. The molecule has 2 aromatic rings. The topological polar surface area (TPSA) is 42.7 Å². The number of hydrogen-bond acceptors (Lipinski definition) is 3. The third kappa shape index (κ3) is 2.91. The summed E-state index contributed by atoms with van der Waals surface area (Å²) >= 11 is 0. The summed E-state index contributed by atoms with van der Waals surface area (Å²) in [6.45, 7) is 0. The first-order valence-electron chi connectivity index (χ1n) is 5.86. The van der Waals surface area contributed by atoms with E-state index in [2.05, 4.69) is 27.5 Å². The van der Waals surface area contributed by atoms with Crippen molar-refractivity contribution in [1.29, 1.82) is 0 Å². The van der Waals surface area contributed by atoms with Gasteiger partial charge in [-0.1, -0.05) is 6.07 Å². The Labute approximate surface area is 102 Å². The molecule has 1 N–H and O–H groups in total. The largest absolute Gasteiger partial charge is 0.312 e. The molecule has 0 saturated heterocycles. The highest BCUT2D eigenvalue weighted by Crippen LogP contribution is 2.16. The summed E-state index contributed by atoms with van der Waals surface area (Å²) in [5.74, 6) is 0. The van der Waals surface area contributed by atoms with Crippen LogP contribution in [-0.4, -0.2) is 21.8 Å². The van der Waals surface area contributed by atoms with E-state index in [1.165, 1.54) is 5.69 Å². The van der Waals surface area contributed by atoms with Crippen LogP contribution in [0.25, 0.3) is 0 Å². The lowest BCUT2D eigenvalue weighted by Gasteiger charge is -2.15. The van der Waals surface area contributed by atoms with E-state index in [-0.39, 0.29) is 0 Å². The van der Waals surface area contributed by atoms with Crippen molar-refractivity contribution in [3.63, 3.8) is 0 Å². The predicted octanol–water partition coefficient (Wildman–Crippen LogP) is 1.71. The summed E-state index contributed by atoms with van der Waals surface area (Å²) in [7, 11) is 3.95. The third-order valence-corrected chi connectivity index (χ3v) is 3.00. The average Bonchev–Trinajstić information content (AvgIpc) is 2.77. The lowest BCUT2D eigenvalue weighted by atomic mass is 10.1. The van der Waals surface area contributed by atoms with Crippen LogP contribution in [0, 0.1) is 0 Å². The first-order valence-corrected chi connectivity index (χ1v) is 5.86. The van der Waals surface area contributed by atoms with Gasteiger partial charge in [-0.15, -0.1) is 0 Å². The van der Waals surface area contributed by atoms with Gasteiger partial charge in [0.15, 0.2) is 0 Å². The molecule has 1 unspecified atom stereocenters. The monoisotopic (exact) mass is 230 g/mol. The van der Waals surface area contributed by atoms with E-state index < -0.39 is 0 Å². The van der Waals surface area contributed by atoms with Crippen molar-refractivity contribution in [1.82, 2.24) is 20.1 Å². The summed E-state index contributed by atoms with van der Waals surface area (Å²) < 4.78 is 1.92. The lowest BCUT2D eigenvalue weighted by Crippen LogP contribution is -2.18. The maximum absolute atomic E-state index is 4.39. The predicted molar refractivity (Wildman–Crippen MR) is 67.6 cm³/mol. The van der Waals surface area contributed by atoms with Crippen LogP contribution in [-0.2, 0) is 13.5 Å². The van der Waals surface area contributed by atoms with E-state index in [1.54, 1.807) is 0 Å². The fourth-order valence-corrected chi connectivity index (χ4v) is 1.96. The molecule has 0 bridgehead atoms. The van der Waals surface area contributed by atoms with E-state index in [9.17, 15) is 0 Å². The fourth-order valence-electron chi connectivity index (χ4n) is 1.96. The summed E-state index contributed by atoms with van der Waals surface area (Å²) in [5.41, 5.74) is 2.35. The van der Waals surface area contributed by atoms with Crippen LogP contribution >= 0.6 is 0 Å². The summed E-state index contributed by atoms with van der Waals surface area (Å²) in [6, 6.07) is 8.38. The van der Waals surface area contributed by atoms with Gasteiger partial charge in [0, 0.05) is 31.2 Å². The minimum atomic E-state index is 0.297. The van der Waals surface area contributed by atoms with Gasteiger partial charge >= 0.3 is 0 Å². The molecule has 0 aliphatic rings. The maximum atomic E-state index is 4.39. The molecule has 0 spiro atoms. The number of hydrogen-bond donors (Lipinski definition) is 1. The van der Waals surface area contributed by atoms with Crippen molar-refractivity contribution in [2.75, 3.05) is 7.05 Å². The Kier molecular flexibility index (Phi) is 3.88. The molecule has 2 heterocycles. The van der Waals surface area contributed by atoms with Gasteiger partial charge in [-0.3, -0.25) is 9.67 Å². The normalized spacial score (nSPS) is 12.6. The molecule has 0 fully saturated rings. The summed E-state index contributed by atoms with van der Waals surface area (Å²) in [5, 5.41) is 7.48. The van der Waals surface area contributed by atoms with Gasteiger partial charge in [-0.25, -0.2) is 0 Å². The van der Waals surface area contributed by atoms with Gasteiger partial charge in [-0.2, -0.15) is 5.10 Å². The van der Waals surface area contributed by atoms with Gasteiger partial charge in [0.05, 0.1) is 5.69 Å². The smallest absolute Gasteiger partial charge is 0.0573 e. The molecule has 1 atom stereocenters. The Hall–Kier alpha value is -1.68. The second-order valence-corrected chi connectivity index (χ2v) is 4.08. The van der Waals surface area contributed by atoms with Crippen molar-refractivity contribution in [2.24, 2.45) is 7.05 Å². The number of nitrogens with one attached hydrogen (secondary N) is 1. The molecule has 0 aromatic carbocycles. The van der Waals surface area contributed by atoms with E-state index in [0.717, 1.165) is 18.5 Å². The first-order chi connectivity index (χ1) is 8.31. The van der Waals surface area contributed by atoms with Crippen LogP contribution in [0.2, 0.25) is 0 Å². The molecule has 90 valence electrons. The number of pyridine rings is 1. The van der Waals surface area contributed by atoms with E-state index >= 15 is 0 Å². The van der Waals surface area contributed by atoms with Gasteiger partial charge in [0.2, 0.25) is 0 Å². The van der Waals surface area contributed by atoms with E-state index in [4.69, 9.17) is 0 Å². The van der Waals surface area contributed by atoms with Crippen LogP contribution in [0.1, 0.15) is 23.9 Å². The van der Waals surface area contributed by atoms with Crippen molar-refractivity contribution >= 4 is 0 Å². The molecule has 0 amide bonds. The Morgan fingerprint density at radius 3 is 2.76 bits per heavy atom. The molecule has 4 nitrogen and oxygen atoms in total. The Bertz CT molecular complexity index is 449. The van der Waals surface area contributed by atoms with Gasteiger partial charge < -0.3 is 5.32 Å². The second-order valence-electron chi connectivity index (χ2n) is 4.08. The zero-order valence-electron chi connectivity index (χ0n) is 10.3. The molecule has 4 heteroatoms. The molecule has 0 radical (unpaired) electrons. The summed E-state index contributed by atoms with van der Waals surface area (Å²) in [6.07, 6.45) is 5.69.